The number of hydrogen-bond donors (Lipinski definition) is 1. The lowest BCUT2D eigenvalue weighted by molar-refractivity contribution is -0.616. The van der Waals surface area contributed by atoms with E-state index in [-0.39, 0.29) is 24.0 Å². The van der Waals surface area contributed by atoms with Crippen LogP contribution in [0.25, 0.3) is 32.8 Å². The van der Waals surface area contributed by atoms with Gasteiger partial charge in [-0.2, -0.15) is 4.57 Å². The van der Waals surface area contributed by atoms with Crippen molar-refractivity contribution in [2.75, 3.05) is 0 Å². The number of aryl methyl sites for hydroxylation is 1. The smallest absolute Gasteiger partial charge is 0.240 e. The molecule has 4 rings (SSSR count). The summed E-state index contributed by atoms with van der Waals surface area (Å²) in [4.78, 5) is 3.40. The van der Waals surface area contributed by atoms with Crippen molar-refractivity contribution >= 4 is 56.0 Å². The number of para-hydroxylation sites is 1. The molecule has 4 aromatic rings. The molecular weight excluding hydrogens is 418 g/mol. The summed E-state index contributed by atoms with van der Waals surface area (Å²) >= 11 is 12.7. The molecule has 2 nitrogen and oxygen atoms in total. The van der Waals surface area contributed by atoms with Gasteiger partial charge >= 0.3 is 0 Å². The summed E-state index contributed by atoms with van der Waals surface area (Å²) in [6.45, 7) is 0. The summed E-state index contributed by atoms with van der Waals surface area (Å²) in [5.74, 6) is 0. The van der Waals surface area contributed by atoms with Crippen LogP contribution in [-0.4, -0.2) is 4.98 Å². The van der Waals surface area contributed by atoms with Crippen LogP contribution in [0.1, 0.15) is 0 Å². The minimum atomic E-state index is 0. The first kappa shape index (κ1) is 14.9. The maximum Gasteiger partial charge on any atom is 0.240 e. The highest BCUT2D eigenvalue weighted by Gasteiger charge is 2.21. The number of aromatic nitrogens is 2. The van der Waals surface area contributed by atoms with E-state index < -0.39 is 0 Å². The summed E-state index contributed by atoms with van der Waals surface area (Å²) in [7, 11) is 2.05. The zero-order chi connectivity index (χ0) is 13.9. The van der Waals surface area contributed by atoms with Crippen molar-refractivity contribution in [2.24, 2.45) is 7.05 Å². The molecule has 0 saturated carbocycles. The molecule has 0 aliphatic carbocycles. The van der Waals surface area contributed by atoms with Gasteiger partial charge in [0.1, 0.15) is 12.6 Å². The van der Waals surface area contributed by atoms with Gasteiger partial charge in [0.05, 0.1) is 21.3 Å². The lowest BCUT2D eigenvalue weighted by Crippen LogP contribution is -3.00. The normalized spacial score (nSPS) is 11.2. The van der Waals surface area contributed by atoms with E-state index in [4.69, 9.17) is 23.2 Å². The molecule has 0 unspecified atom stereocenters. The van der Waals surface area contributed by atoms with Crippen molar-refractivity contribution in [1.82, 2.24) is 4.98 Å². The molecule has 21 heavy (non-hydrogen) atoms. The van der Waals surface area contributed by atoms with Crippen LogP contribution >= 0.6 is 23.2 Å². The molecule has 0 saturated heterocycles. The maximum absolute atomic E-state index is 6.59. The van der Waals surface area contributed by atoms with Crippen LogP contribution in [0.3, 0.4) is 0 Å². The van der Waals surface area contributed by atoms with Gasteiger partial charge in [-0.1, -0.05) is 35.3 Å². The second-order valence-corrected chi connectivity index (χ2v) is 5.74. The van der Waals surface area contributed by atoms with Crippen LogP contribution in [-0.2, 0) is 7.05 Å². The summed E-state index contributed by atoms with van der Waals surface area (Å²) in [6, 6.07) is 14.0. The van der Waals surface area contributed by atoms with E-state index in [0.29, 0.717) is 10.0 Å². The van der Waals surface area contributed by atoms with Gasteiger partial charge < -0.3 is 29.0 Å². The molecule has 106 valence electrons. The number of rotatable bonds is 0. The first-order valence-electron chi connectivity index (χ1n) is 6.34. The molecule has 2 heterocycles. The molecule has 2 aromatic heterocycles. The number of H-pyrrole nitrogens is 1. The molecule has 5 heteroatoms. The summed E-state index contributed by atoms with van der Waals surface area (Å²) in [5.41, 5.74) is 4.21. The maximum atomic E-state index is 6.59. The van der Waals surface area contributed by atoms with E-state index in [0.717, 1.165) is 27.5 Å². The molecule has 0 spiro atoms. The molecule has 2 aromatic carbocycles. The minimum absolute atomic E-state index is 0. The van der Waals surface area contributed by atoms with Crippen molar-refractivity contribution in [2.45, 2.75) is 0 Å². The van der Waals surface area contributed by atoms with E-state index >= 15 is 0 Å². The monoisotopic (exact) mass is 428 g/mol. The Morgan fingerprint density at radius 3 is 2.57 bits per heavy atom. The van der Waals surface area contributed by atoms with E-state index in [1.54, 1.807) is 0 Å². The van der Waals surface area contributed by atoms with Gasteiger partial charge in [0.15, 0.2) is 0 Å². The molecule has 0 aliphatic heterocycles. The minimum Gasteiger partial charge on any atom is -1.00 e. The van der Waals surface area contributed by atoms with Crippen molar-refractivity contribution in [3.8, 4) is 0 Å². The lowest BCUT2D eigenvalue weighted by Gasteiger charge is -2.02. The second-order valence-electron chi connectivity index (χ2n) is 4.93. The number of nitrogens with one attached hydrogen (secondary N) is 1. The van der Waals surface area contributed by atoms with E-state index in [1.807, 2.05) is 30.3 Å². The number of aromatic amines is 1. The Kier molecular flexibility index (Phi) is 3.76. The topological polar surface area (TPSA) is 19.7 Å². The zero-order valence-corrected chi connectivity index (χ0v) is 14.8. The van der Waals surface area contributed by atoms with Crippen molar-refractivity contribution in [3.05, 3.63) is 52.5 Å². The van der Waals surface area contributed by atoms with Gasteiger partial charge in [0, 0.05) is 11.1 Å². The summed E-state index contributed by atoms with van der Waals surface area (Å²) < 4.78 is 2.16. The number of nitrogens with zero attached hydrogens (tertiary/aromatic N) is 1. The standard InChI is InChI=1S/C16H10Cl2N2.HI/c1-20-13-7-6-9(17)8-11(13)14(18)15-16(20)10-4-2-3-5-12(10)19-15;/h2-8H,1H3;1H. The Balaban J connectivity index is 0.00000132. The van der Waals surface area contributed by atoms with Gasteiger partial charge in [-0.3, -0.25) is 0 Å². The van der Waals surface area contributed by atoms with Crippen molar-refractivity contribution in [3.63, 3.8) is 0 Å². The third-order valence-corrected chi connectivity index (χ3v) is 4.42. The molecular formula is C16H11Cl2IN2. The molecule has 0 bridgehead atoms. The predicted molar refractivity (Wildman–Crippen MR) is 84.5 cm³/mol. The van der Waals surface area contributed by atoms with Crippen molar-refractivity contribution in [1.29, 1.82) is 0 Å². The van der Waals surface area contributed by atoms with Crippen LogP contribution in [0.15, 0.2) is 42.5 Å². The average Bonchev–Trinajstić information content (AvgIpc) is 2.84. The van der Waals surface area contributed by atoms with Gasteiger partial charge in [0.25, 0.3) is 0 Å². The number of fused-ring (bicyclic) bond motifs is 4. The first-order valence-corrected chi connectivity index (χ1v) is 7.09. The quantitative estimate of drug-likeness (QED) is 0.324. The fourth-order valence-corrected chi connectivity index (χ4v) is 3.33. The Morgan fingerprint density at radius 2 is 1.76 bits per heavy atom. The van der Waals surface area contributed by atoms with Crippen LogP contribution in [0.4, 0.5) is 0 Å². The Hall–Kier alpha value is -1.04. The number of benzene rings is 2. The Morgan fingerprint density at radius 1 is 1.00 bits per heavy atom. The van der Waals surface area contributed by atoms with Gasteiger partial charge in [-0.25, -0.2) is 0 Å². The highest BCUT2D eigenvalue weighted by molar-refractivity contribution is 6.41. The Bertz CT molecular complexity index is 992. The molecule has 0 fully saturated rings. The number of hydrogen-bond acceptors (Lipinski definition) is 0. The molecule has 0 radical (unpaired) electrons. The Labute approximate surface area is 148 Å². The van der Waals surface area contributed by atoms with E-state index in [9.17, 15) is 0 Å². The predicted octanol–water partition coefficient (Wildman–Crippen LogP) is 1.61. The number of pyridine rings is 1. The van der Waals surface area contributed by atoms with Crippen LogP contribution in [0.2, 0.25) is 10.0 Å². The van der Waals surface area contributed by atoms with Gasteiger partial charge in [0.2, 0.25) is 11.0 Å². The molecule has 0 atom stereocenters. The fraction of sp³-hybridized carbons (Fsp3) is 0.0625. The lowest BCUT2D eigenvalue weighted by atomic mass is 10.1. The largest absolute Gasteiger partial charge is 1.00 e. The molecule has 0 amide bonds. The van der Waals surface area contributed by atoms with Crippen LogP contribution < -0.4 is 28.5 Å². The van der Waals surface area contributed by atoms with Crippen LogP contribution in [0.5, 0.6) is 0 Å². The highest BCUT2D eigenvalue weighted by atomic mass is 127. The average molecular weight is 429 g/mol. The van der Waals surface area contributed by atoms with Gasteiger partial charge in [-0.15, -0.1) is 0 Å². The third-order valence-electron chi connectivity index (χ3n) is 3.79. The first-order chi connectivity index (χ1) is 9.66. The fourth-order valence-electron chi connectivity index (χ4n) is 2.87. The van der Waals surface area contributed by atoms with Crippen LogP contribution in [0, 0.1) is 0 Å². The summed E-state index contributed by atoms with van der Waals surface area (Å²) in [6.07, 6.45) is 0. The molecule has 1 N–H and O–H groups in total. The SMILES string of the molecule is C[n+]1c2ccc(Cl)cc2c(Cl)c2[nH]c3ccccc3c21.[I-]. The zero-order valence-electron chi connectivity index (χ0n) is 11.1. The second kappa shape index (κ2) is 5.30. The highest BCUT2D eigenvalue weighted by Crippen LogP contribution is 2.33. The van der Waals surface area contributed by atoms with Gasteiger partial charge in [-0.05, 0) is 24.3 Å². The van der Waals surface area contributed by atoms with Crippen molar-refractivity contribution < 1.29 is 28.5 Å². The van der Waals surface area contributed by atoms with E-state index in [1.165, 1.54) is 5.39 Å². The number of halogens is 3. The summed E-state index contributed by atoms with van der Waals surface area (Å²) in [5, 5.41) is 3.53. The van der Waals surface area contributed by atoms with E-state index in [2.05, 4.69) is 28.7 Å². The molecule has 0 aliphatic rings. The third kappa shape index (κ3) is 2.10.